The molecule has 0 aromatic heterocycles. The van der Waals surface area contributed by atoms with Crippen LogP contribution < -0.4 is 0 Å². The predicted molar refractivity (Wildman–Crippen MR) is 110 cm³/mol. The van der Waals surface area contributed by atoms with Crippen molar-refractivity contribution in [3.63, 3.8) is 0 Å². The van der Waals surface area contributed by atoms with E-state index in [1.807, 2.05) is 0 Å². The summed E-state index contributed by atoms with van der Waals surface area (Å²) in [5.74, 6) is -2.31. The van der Waals surface area contributed by atoms with E-state index in [9.17, 15) is 25.9 Å². The molecule has 0 saturated carbocycles. The summed E-state index contributed by atoms with van der Waals surface area (Å²) in [5.41, 5.74) is 0. The summed E-state index contributed by atoms with van der Waals surface area (Å²) < 4.78 is 61.0. The van der Waals surface area contributed by atoms with Crippen LogP contribution in [0.25, 0.3) is 0 Å². The molecule has 0 aliphatic carbocycles. The zero-order valence-corrected chi connectivity index (χ0v) is 19.7. The molecule has 0 unspecified atom stereocenters. The molecule has 28 heavy (non-hydrogen) atoms. The Bertz CT molecular complexity index is 566. The predicted octanol–water partition coefficient (Wildman–Crippen LogP) is 1.35. The van der Waals surface area contributed by atoms with Crippen molar-refractivity contribution in [2.45, 2.75) is 52.4 Å². The summed E-state index contributed by atoms with van der Waals surface area (Å²) in [6.07, 6.45) is 8.73. The van der Waals surface area contributed by atoms with Gasteiger partial charge in [0.25, 0.3) is 0 Å². The highest BCUT2D eigenvalue weighted by Gasteiger charge is 2.22. The summed E-state index contributed by atoms with van der Waals surface area (Å²) in [6.45, 7) is 12.9. The van der Waals surface area contributed by atoms with Gasteiger partial charge in [0.15, 0.2) is 0 Å². The maximum absolute atomic E-state index is 9.72. The molecule has 0 radical (unpaired) electrons. The number of nitrogens with zero attached hydrogens (tertiary/aromatic N) is 2. The summed E-state index contributed by atoms with van der Waals surface area (Å²) in [4.78, 5) is 0. The van der Waals surface area contributed by atoms with Crippen LogP contribution in [-0.4, -0.2) is 99.8 Å². The van der Waals surface area contributed by atoms with Crippen molar-refractivity contribution in [2.75, 3.05) is 64.9 Å². The van der Waals surface area contributed by atoms with E-state index in [1.54, 1.807) is 0 Å². The third-order valence-electron chi connectivity index (χ3n) is 5.90. The van der Waals surface area contributed by atoms with Gasteiger partial charge in [0.05, 0.1) is 85.1 Å². The molecule has 170 valence electrons. The SMILES string of the molecule is CC[N+]1(C)CCCCC1.CC[N+]1(C)CCCCC1.O=S(=O)([O-])CCS(=O)(=O)[O-]. The van der Waals surface area contributed by atoms with E-state index < -0.39 is 31.7 Å². The molecule has 0 amide bonds. The van der Waals surface area contributed by atoms with Gasteiger partial charge < -0.3 is 18.1 Å². The fraction of sp³-hybridized carbons (Fsp3) is 1.00. The lowest BCUT2D eigenvalue weighted by atomic mass is 10.1. The number of rotatable bonds is 5. The molecule has 2 aliphatic heterocycles. The van der Waals surface area contributed by atoms with Gasteiger partial charge in [-0.25, -0.2) is 16.8 Å². The van der Waals surface area contributed by atoms with Gasteiger partial charge in [0.1, 0.15) is 0 Å². The Morgan fingerprint density at radius 2 is 0.857 bits per heavy atom. The van der Waals surface area contributed by atoms with Gasteiger partial charge in [-0.3, -0.25) is 0 Å². The standard InChI is InChI=1S/2C8H18N.C2H6O6S2/c2*1-3-9(2)7-5-4-6-8-9;3-9(4,5)1-2-10(6,7)8/h2*3-8H2,1-2H3;1-2H2,(H,3,4,5)(H,6,7,8)/q2*+1;/p-2. The zero-order valence-electron chi connectivity index (χ0n) is 18.1. The third-order valence-corrected chi connectivity index (χ3v) is 7.57. The lowest BCUT2D eigenvalue weighted by molar-refractivity contribution is -0.912. The molecule has 0 bridgehead atoms. The van der Waals surface area contributed by atoms with Gasteiger partial charge >= 0.3 is 0 Å². The highest BCUT2D eigenvalue weighted by atomic mass is 32.2. The maximum Gasteiger partial charge on any atom is 0.0955 e. The minimum absolute atomic E-state index is 1.15. The molecule has 8 nitrogen and oxygen atoms in total. The van der Waals surface area contributed by atoms with Crippen LogP contribution in [0, 0.1) is 0 Å². The van der Waals surface area contributed by atoms with Crippen LogP contribution in [-0.2, 0) is 20.2 Å². The van der Waals surface area contributed by atoms with Crippen LogP contribution in [0.2, 0.25) is 0 Å². The molecular weight excluding hydrogens is 404 g/mol. The minimum atomic E-state index is -4.59. The molecule has 2 fully saturated rings. The molecule has 0 aromatic rings. The second-order valence-corrected chi connectivity index (χ2v) is 11.5. The first-order valence-electron chi connectivity index (χ1n) is 10.3. The van der Waals surface area contributed by atoms with Crippen molar-refractivity contribution >= 4 is 20.2 Å². The molecular formula is C18H40N2O6S2. The molecule has 0 spiro atoms. The smallest absolute Gasteiger partial charge is 0.0955 e. The highest BCUT2D eigenvalue weighted by molar-refractivity contribution is 7.89. The van der Waals surface area contributed by atoms with Gasteiger partial charge in [-0.05, 0) is 52.4 Å². The molecule has 2 aliphatic rings. The lowest BCUT2D eigenvalue weighted by Gasteiger charge is -2.36. The molecule has 0 atom stereocenters. The van der Waals surface area contributed by atoms with Crippen LogP contribution in [0.4, 0.5) is 0 Å². The van der Waals surface area contributed by atoms with E-state index in [-0.39, 0.29) is 0 Å². The number of hydrogen-bond donors (Lipinski definition) is 0. The number of likely N-dealkylation sites (tertiary alicyclic amines) is 2. The molecule has 0 aromatic carbocycles. The molecule has 2 heterocycles. The summed E-state index contributed by atoms with van der Waals surface area (Å²) in [6, 6.07) is 0. The lowest BCUT2D eigenvalue weighted by Crippen LogP contribution is -2.47. The number of hydrogen-bond acceptors (Lipinski definition) is 6. The van der Waals surface area contributed by atoms with Crippen molar-refractivity contribution < 1.29 is 34.9 Å². The van der Waals surface area contributed by atoms with Crippen molar-refractivity contribution in [1.29, 1.82) is 0 Å². The van der Waals surface area contributed by atoms with Crippen LogP contribution in [0.15, 0.2) is 0 Å². The fourth-order valence-corrected chi connectivity index (χ4v) is 5.02. The topological polar surface area (TPSA) is 114 Å². The zero-order chi connectivity index (χ0) is 21.9. The van der Waals surface area contributed by atoms with Gasteiger partial charge in [0.2, 0.25) is 0 Å². The van der Waals surface area contributed by atoms with Crippen LogP contribution in [0.5, 0.6) is 0 Å². The van der Waals surface area contributed by atoms with Gasteiger partial charge in [-0.15, -0.1) is 0 Å². The van der Waals surface area contributed by atoms with E-state index in [2.05, 4.69) is 27.9 Å². The van der Waals surface area contributed by atoms with E-state index in [1.165, 1.54) is 86.8 Å². The van der Waals surface area contributed by atoms with E-state index in [0.717, 1.165) is 0 Å². The Hall–Kier alpha value is -0.260. The molecule has 2 saturated heterocycles. The molecule has 0 N–H and O–H groups in total. The average molecular weight is 445 g/mol. The van der Waals surface area contributed by atoms with Gasteiger partial charge in [-0.2, -0.15) is 0 Å². The Labute approximate surface area is 172 Å². The first kappa shape index (κ1) is 27.7. The maximum atomic E-state index is 9.72. The largest absolute Gasteiger partial charge is 0.748 e. The van der Waals surface area contributed by atoms with Gasteiger partial charge in [0, 0.05) is 0 Å². The first-order valence-corrected chi connectivity index (χ1v) is 13.4. The minimum Gasteiger partial charge on any atom is -0.748 e. The summed E-state index contributed by atoms with van der Waals surface area (Å²) in [7, 11) is -4.42. The average Bonchev–Trinajstić information content (AvgIpc) is 2.61. The second kappa shape index (κ2) is 12.4. The van der Waals surface area contributed by atoms with Crippen molar-refractivity contribution in [3.8, 4) is 0 Å². The van der Waals surface area contributed by atoms with Crippen molar-refractivity contribution in [1.82, 2.24) is 0 Å². The van der Waals surface area contributed by atoms with E-state index in [4.69, 9.17) is 0 Å². The van der Waals surface area contributed by atoms with Crippen LogP contribution in [0.1, 0.15) is 52.4 Å². The second-order valence-electron chi connectivity index (χ2n) is 8.41. The van der Waals surface area contributed by atoms with E-state index >= 15 is 0 Å². The number of quaternary nitrogens is 2. The normalized spacial score (nSPS) is 21.5. The summed E-state index contributed by atoms with van der Waals surface area (Å²) >= 11 is 0. The van der Waals surface area contributed by atoms with Crippen molar-refractivity contribution in [2.24, 2.45) is 0 Å². The molecule has 10 heteroatoms. The molecule has 2 rings (SSSR count). The number of piperidine rings is 2. The monoisotopic (exact) mass is 444 g/mol. The van der Waals surface area contributed by atoms with Crippen LogP contribution >= 0.6 is 0 Å². The Morgan fingerprint density at radius 1 is 0.607 bits per heavy atom. The van der Waals surface area contributed by atoms with Crippen molar-refractivity contribution in [3.05, 3.63) is 0 Å². The summed E-state index contributed by atoms with van der Waals surface area (Å²) in [5, 5.41) is 0. The van der Waals surface area contributed by atoms with Crippen LogP contribution in [0.3, 0.4) is 0 Å². The fourth-order valence-electron chi connectivity index (χ4n) is 3.39. The van der Waals surface area contributed by atoms with E-state index in [0.29, 0.717) is 0 Å². The van der Waals surface area contributed by atoms with Gasteiger partial charge in [-0.1, -0.05) is 0 Å². The first-order chi connectivity index (χ1) is 12.7. The Kier molecular flexibility index (Phi) is 12.3. The highest BCUT2D eigenvalue weighted by Crippen LogP contribution is 2.15. The Morgan fingerprint density at radius 3 is 1.00 bits per heavy atom. The quantitative estimate of drug-likeness (QED) is 0.467. The Balaban J connectivity index is 0.000000391. The third kappa shape index (κ3) is 14.7.